The molecule has 0 atom stereocenters. The van der Waals surface area contributed by atoms with E-state index < -0.39 is 21.7 Å². The first-order valence-electron chi connectivity index (χ1n) is 6.89. The van der Waals surface area contributed by atoms with Gasteiger partial charge in [0.25, 0.3) is 0 Å². The molecule has 0 spiro atoms. The van der Waals surface area contributed by atoms with Crippen LogP contribution in [0.2, 0.25) is 0 Å². The van der Waals surface area contributed by atoms with Crippen LogP contribution in [0.1, 0.15) is 5.69 Å². The minimum absolute atomic E-state index is 0.0404. The fourth-order valence-corrected chi connectivity index (χ4v) is 2.71. The Bertz CT molecular complexity index is 1030. The van der Waals surface area contributed by atoms with E-state index in [1.165, 1.54) is 30.7 Å². The van der Waals surface area contributed by atoms with Gasteiger partial charge in [-0.25, -0.2) is 13.4 Å². The number of aromatic amines is 1. The summed E-state index contributed by atoms with van der Waals surface area (Å²) in [6, 6.07) is 4.53. The van der Waals surface area contributed by atoms with Gasteiger partial charge in [-0.3, -0.25) is 9.97 Å². The number of nitrogens with zero attached hydrogens (tertiary/aromatic N) is 3. The Morgan fingerprint density at radius 3 is 2.44 bits per heavy atom. The third kappa shape index (κ3) is 3.68. The minimum atomic E-state index is -4.53. The molecule has 0 aliphatic carbocycles. The van der Waals surface area contributed by atoms with Crippen LogP contribution in [0.25, 0.3) is 22.6 Å². The normalized spacial score (nSPS) is 12.3. The van der Waals surface area contributed by atoms with Crippen molar-refractivity contribution in [2.45, 2.75) is 11.1 Å². The maximum Gasteiger partial charge on any atom is 0.432 e. The fourth-order valence-electron chi connectivity index (χ4n) is 2.11. The van der Waals surface area contributed by atoms with E-state index in [0.717, 1.165) is 6.26 Å². The van der Waals surface area contributed by atoms with Crippen LogP contribution in [0.3, 0.4) is 0 Å². The van der Waals surface area contributed by atoms with E-state index >= 15 is 0 Å². The van der Waals surface area contributed by atoms with Crippen LogP contribution in [0, 0.1) is 0 Å². The molecule has 6 nitrogen and oxygen atoms in total. The summed E-state index contributed by atoms with van der Waals surface area (Å²) >= 11 is 0. The average molecular weight is 368 g/mol. The highest BCUT2D eigenvalue weighted by atomic mass is 32.2. The van der Waals surface area contributed by atoms with Crippen LogP contribution in [0.15, 0.2) is 47.9 Å². The van der Waals surface area contributed by atoms with Gasteiger partial charge in [-0.05, 0) is 23.8 Å². The number of halogens is 3. The van der Waals surface area contributed by atoms with E-state index in [-0.39, 0.29) is 16.4 Å². The van der Waals surface area contributed by atoms with Crippen LogP contribution >= 0.6 is 0 Å². The summed E-state index contributed by atoms with van der Waals surface area (Å²) in [5.41, 5.74) is 0.260. The molecule has 3 aromatic rings. The summed E-state index contributed by atoms with van der Waals surface area (Å²) in [4.78, 5) is 13.8. The molecule has 0 radical (unpaired) electrons. The van der Waals surface area contributed by atoms with Gasteiger partial charge < -0.3 is 4.98 Å². The van der Waals surface area contributed by atoms with E-state index in [0.29, 0.717) is 17.3 Å². The lowest BCUT2D eigenvalue weighted by Crippen LogP contribution is -2.04. The van der Waals surface area contributed by atoms with Crippen LogP contribution in [0.5, 0.6) is 0 Å². The number of hydrogen-bond acceptors (Lipinski definition) is 5. The Kier molecular flexibility index (Phi) is 4.07. The molecule has 25 heavy (non-hydrogen) atoms. The number of sulfone groups is 1. The molecule has 1 N–H and O–H groups in total. The van der Waals surface area contributed by atoms with E-state index in [1.54, 1.807) is 6.07 Å². The van der Waals surface area contributed by atoms with Gasteiger partial charge in [-0.2, -0.15) is 13.2 Å². The lowest BCUT2D eigenvalue weighted by molar-refractivity contribution is -0.140. The number of pyridine rings is 2. The molecular formula is C15H11F3N4O2S. The van der Waals surface area contributed by atoms with Crippen molar-refractivity contribution in [2.24, 2.45) is 0 Å². The third-order valence-electron chi connectivity index (χ3n) is 3.36. The van der Waals surface area contributed by atoms with Gasteiger partial charge in [0.15, 0.2) is 15.7 Å². The van der Waals surface area contributed by atoms with E-state index in [4.69, 9.17) is 0 Å². The van der Waals surface area contributed by atoms with Crippen molar-refractivity contribution in [3.05, 3.63) is 48.7 Å². The van der Waals surface area contributed by atoms with E-state index in [2.05, 4.69) is 19.9 Å². The molecule has 0 saturated heterocycles. The Hall–Kier alpha value is -2.75. The summed E-state index contributed by atoms with van der Waals surface area (Å²) in [6.45, 7) is 0. The predicted molar refractivity (Wildman–Crippen MR) is 83.2 cm³/mol. The maximum atomic E-state index is 12.7. The van der Waals surface area contributed by atoms with E-state index in [9.17, 15) is 21.6 Å². The summed E-state index contributed by atoms with van der Waals surface area (Å²) < 4.78 is 61.2. The summed E-state index contributed by atoms with van der Waals surface area (Å²) in [5, 5.41) is 0. The lowest BCUT2D eigenvalue weighted by atomic mass is 10.1. The molecular weight excluding hydrogens is 357 g/mol. The zero-order valence-electron chi connectivity index (χ0n) is 12.7. The molecule has 0 aromatic carbocycles. The minimum Gasteiger partial charge on any atom is -0.333 e. The molecule has 3 heterocycles. The second-order valence-electron chi connectivity index (χ2n) is 5.25. The van der Waals surface area contributed by atoms with Crippen molar-refractivity contribution in [1.29, 1.82) is 0 Å². The average Bonchev–Trinajstić information content (AvgIpc) is 3.05. The van der Waals surface area contributed by atoms with Gasteiger partial charge in [0, 0.05) is 30.4 Å². The molecule has 3 rings (SSSR count). The Balaban J connectivity index is 2.02. The summed E-state index contributed by atoms with van der Waals surface area (Å²) in [5.74, 6) is -0.0404. The monoisotopic (exact) mass is 368 g/mol. The number of nitrogens with one attached hydrogen (secondary N) is 1. The molecule has 130 valence electrons. The molecule has 0 saturated carbocycles. The highest BCUT2D eigenvalue weighted by molar-refractivity contribution is 7.90. The van der Waals surface area contributed by atoms with Gasteiger partial charge in [0.2, 0.25) is 0 Å². The lowest BCUT2D eigenvalue weighted by Gasteiger charge is -2.05. The number of H-pyrrole nitrogens is 1. The van der Waals surface area contributed by atoms with Gasteiger partial charge in [0.05, 0.1) is 11.1 Å². The Morgan fingerprint density at radius 1 is 1.04 bits per heavy atom. The number of hydrogen-bond donors (Lipinski definition) is 1. The first kappa shape index (κ1) is 17.1. The molecule has 0 amide bonds. The Morgan fingerprint density at radius 2 is 1.80 bits per heavy atom. The van der Waals surface area contributed by atoms with E-state index in [1.807, 2.05) is 0 Å². The first-order valence-corrected chi connectivity index (χ1v) is 8.78. The van der Waals surface area contributed by atoms with Crippen molar-refractivity contribution >= 4 is 9.84 Å². The standard InChI is InChI=1S/C15H11F3N4O2S/c1-25(23,24)11-4-10(6-19-7-11)9-2-3-20-12(5-9)14-21-8-13(22-14)15(16,17)18/h2-8H,1H3,(H,21,22). The number of imidazole rings is 1. The fraction of sp³-hybridized carbons (Fsp3) is 0.133. The van der Waals surface area contributed by atoms with Crippen LogP contribution in [-0.2, 0) is 16.0 Å². The predicted octanol–water partition coefficient (Wildman–Crippen LogP) is 2.96. The topological polar surface area (TPSA) is 88.6 Å². The van der Waals surface area contributed by atoms with Crippen molar-refractivity contribution in [3.63, 3.8) is 0 Å². The van der Waals surface area contributed by atoms with Gasteiger partial charge in [-0.1, -0.05) is 0 Å². The molecule has 0 bridgehead atoms. The molecule has 0 fully saturated rings. The maximum absolute atomic E-state index is 12.7. The quantitative estimate of drug-likeness (QED) is 0.768. The Labute approximate surface area is 140 Å². The molecule has 0 aliphatic rings. The van der Waals surface area contributed by atoms with Crippen molar-refractivity contribution in [2.75, 3.05) is 6.26 Å². The third-order valence-corrected chi connectivity index (χ3v) is 4.44. The van der Waals surface area contributed by atoms with Gasteiger partial charge in [0.1, 0.15) is 11.4 Å². The first-order chi connectivity index (χ1) is 11.6. The number of aromatic nitrogens is 4. The highest BCUT2D eigenvalue weighted by Crippen LogP contribution is 2.30. The largest absolute Gasteiger partial charge is 0.432 e. The summed E-state index contributed by atoms with van der Waals surface area (Å²) in [7, 11) is -3.43. The van der Waals surface area contributed by atoms with Crippen molar-refractivity contribution in [1.82, 2.24) is 19.9 Å². The molecule has 10 heteroatoms. The second-order valence-corrected chi connectivity index (χ2v) is 7.27. The number of rotatable bonds is 3. The molecule has 0 aliphatic heterocycles. The summed E-state index contributed by atoms with van der Waals surface area (Å²) in [6.07, 6.45) is 1.30. The van der Waals surface area contributed by atoms with Gasteiger partial charge >= 0.3 is 6.18 Å². The van der Waals surface area contributed by atoms with Crippen molar-refractivity contribution < 1.29 is 21.6 Å². The zero-order valence-corrected chi connectivity index (χ0v) is 13.6. The van der Waals surface area contributed by atoms with Crippen molar-refractivity contribution in [3.8, 4) is 22.6 Å². The molecule has 0 unspecified atom stereocenters. The van der Waals surface area contributed by atoms with Gasteiger partial charge in [-0.15, -0.1) is 0 Å². The van der Waals surface area contributed by atoms with Crippen LogP contribution in [-0.4, -0.2) is 34.6 Å². The van der Waals surface area contributed by atoms with Crippen LogP contribution < -0.4 is 0 Å². The zero-order chi connectivity index (χ0) is 18.2. The number of alkyl halides is 3. The SMILES string of the molecule is CS(=O)(=O)c1cncc(-c2ccnc(-c3ncc(C(F)(F)F)[nH]3)c2)c1. The molecule has 3 aromatic heterocycles. The second kappa shape index (κ2) is 5.96. The smallest absolute Gasteiger partial charge is 0.333 e. The van der Waals surface area contributed by atoms with Crippen LogP contribution in [0.4, 0.5) is 13.2 Å². The highest BCUT2D eigenvalue weighted by Gasteiger charge is 2.33.